The number of thioether (sulfide) groups is 1. The highest BCUT2D eigenvalue weighted by Gasteiger charge is 2.22. The second-order valence-electron chi connectivity index (χ2n) is 4.55. The molecule has 1 unspecified atom stereocenters. The smallest absolute Gasteiger partial charge is 0.240 e. The minimum Gasteiger partial charge on any atom is -0.397 e. The van der Waals surface area contributed by atoms with E-state index >= 15 is 0 Å². The summed E-state index contributed by atoms with van der Waals surface area (Å²) in [4.78, 5) is 2.44. The van der Waals surface area contributed by atoms with Gasteiger partial charge in [-0.1, -0.05) is 0 Å². The number of anilines is 2. The van der Waals surface area contributed by atoms with Gasteiger partial charge < -0.3 is 10.6 Å². The van der Waals surface area contributed by atoms with E-state index in [4.69, 9.17) is 5.73 Å². The predicted molar refractivity (Wildman–Crippen MR) is 81.2 cm³/mol. The number of nitrogens with two attached hydrogens (primary N) is 1. The number of sulfonamides is 1. The molecule has 1 aliphatic heterocycles. The lowest BCUT2D eigenvalue weighted by Crippen LogP contribution is -2.40. The van der Waals surface area contributed by atoms with Crippen LogP contribution in [0.3, 0.4) is 0 Å². The van der Waals surface area contributed by atoms with E-state index in [0.29, 0.717) is 11.7 Å². The van der Waals surface area contributed by atoms with Gasteiger partial charge in [-0.3, -0.25) is 0 Å². The molecule has 1 fully saturated rings. The average Bonchev–Trinajstić information content (AvgIpc) is 2.40. The average molecular weight is 301 g/mol. The topological polar surface area (TPSA) is 75.4 Å². The van der Waals surface area contributed by atoms with Crippen LogP contribution in [-0.4, -0.2) is 39.6 Å². The Morgan fingerprint density at radius 3 is 2.84 bits per heavy atom. The Hall–Kier alpha value is -0.920. The molecule has 5 nitrogen and oxygen atoms in total. The van der Waals surface area contributed by atoms with E-state index in [1.54, 1.807) is 12.1 Å². The summed E-state index contributed by atoms with van der Waals surface area (Å²) in [6.07, 6.45) is 0. The van der Waals surface area contributed by atoms with Gasteiger partial charge in [-0.2, -0.15) is 11.8 Å². The maximum atomic E-state index is 11.9. The fraction of sp³-hybridized carbons (Fsp3) is 0.500. The molecule has 1 aromatic rings. The summed E-state index contributed by atoms with van der Waals surface area (Å²) < 4.78 is 26.0. The molecule has 1 aromatic carbocycles. The van der Waals surface area contributed by atoms with Crippen molar-refractivity contribution >= 4 is 33.2 Å². The van der Waals surface area contributed by atoms with Gasteiger partial charge in [0, 0.05) is 24.1 Å². The Balaban J connectivity index is 2.42. The number of benzene rings is 1. The van der Waals surface area contributed by atoms with Gasteiger partial charge >= 0.3 is 0 Å². The highest BCUT2D eigenvalue weighted by molar-refractivity contribution is 7.99. The van der Waals surface area contributed by atoms with Crippen LogP contribution >= 0.6 is 11.8 Å². The molecule has 2 rings (SSSR count). The summed E-state index contributed by atoms with van der Waals surface area (Å²) in [5.41, 5.74) is 7.43. The van der Waals surface area contributed by atoms with Crippen molar-refractivity contribution in [1.29, 1.82) is 0 Å². The maximum absolute atomic E-state index is 11.9. The molecule has 0 aliphatic carbocycles. The molecule has 19 heavy (non-hydrogen) atoms. The van der Waals surface area contributed by atoms with Crippen LogP contribution in [0.2, 0.25) is 0 Å². The van der Waals surface area contributed by atoms with Gasteiger partial charge in [-0.05, 0) is 32.2 Å². The molecule has 0 aromatic heterocycles. The van der Waals surface area contributed by atoms with Gasteiger partial charge in [0.15, 0.2) is 0 Å². The van der Waals surface area contributed by atoms with Gasteiger partial charge in [0.2, 0.25) is 10.0 Å². The summed E-state index contributed by atoms with van der Waals surface area (Å²) in [6, 6.07) is 5.21. The molecule has 0 bridgehead atoms. The Morgan fingerprint density at radius 1 is 1.47 bits per heavy atom. The minimum atomic E-state index is -3.43. The molecular weight excluding hydrogens is 282 g/mol. The van der Waals surface area contributed by atoms with Crippen LogP contribution in [0.25, 0.3) is 0 Å². The molecular formula is C12H19N3O2S2. The Labute approximate surface area is 118 Å². The third-order valence-electron chi connectivity index (χ3n) is 3.26. The van der Waals surface area contributed by atoms with Gasteiger partial charge in [0.1, 0.15) is 0 Å². The van der Waals surface area contributed by atoms with E-state index in [2.05, 4.69) is 16.5 Å². The van der Waals surface area contributed by atoms with Crippen molar-refractivity contribution in [2.24, 2.45) is 0 Å². The summed E-state index contributed by atoms with van der Waals surface area (Å²) in [6.45, 7) is 3.02. The Morgan fingerprint density at radius 2 is 2.21 bits per heavy atom. The third-order valence-corrected chi connectivity index (χ3v) is 5.86. The van der Waals surface area contributed by atoms with E-state index in [1.165, 1.54) is 13.1 Å². The van der Waals surface area contributed by atoms with Crippen LogP contribution in [0.15, 0.2) is 23.1 Å². The Bertz CT molecular complexity index is 560. The van der Waals surface area contributed by atoms with Crippen LogP contribution in [0.5, 0.6) is 0 Å². The van der Waals surface area contributed by atoms with Crippen molar-refractivity contribution in [3.8, 4) is 0 Å². The van der Waals surface area contributed by atoms with E-state index < -0.39 is 10.0 Å². The van der Waals surface area contributed by atoms with E-state index in [9.17, 15) is 8.42 Å². The van der Waals surface area contributed by atoms with Crippen LogP contribution in [0.1, 0.15) is 6.92 Å². The minimum absolute atomic E-state index is 0.254. The first kappa shape index (κ1) is 14.5. The highest BCUT2D eigenvalue weighted by Crippen LogP contribution is 2.31. The number of nitrogen functional groups attached to an aromatic ring is 1. The van der Waals surface area contributed by atoms with Crippen LogP contribution in [0, 0.1) is 0 Å². The zero-order valence-electron chi connectivity index (χ0n) is 11.1. The van der Waals surface area contributed by atoms with Crippen molar-refractivity contribution < 1.29 is 8.42 Å². The fourth-order valence-corrected chi connectivity index (χ4v) is 3.91. The quantitative estimate of drug-likeness (QED) is 0.818. The normalized spacial score (nSPS) is 20.5. The molecule has 0 amide bonds. The second kappa shape index (κ2) is 5.60. The number of rotatable bonds is 3. The molecule has 1 aliphatic rings. The van der Waals surface area contributed by atoms with Gasteiger partial charge in [0.25, 0.3) is 0 Å². The van der Waals surface area contributed by atoms with Crippen LogP contribution in [-0.2, 0) is 10.0 Å². The predicted octanol–water partition coefficient (Wildman–Crippen LogP) is 1.12. The molecule has 1 saturated heterocycles. The first-order chi connectivity index (χ1) is 8.95. The summed E-state index contributed by atoms with van der Waals surface area (Å²) in [5, 5.41) is 0. The molecule has 0 radical (unpaired) electrons. The fourth-order valence-electron chi connectivity index (χ4n) is 2.14. The molecule has 0 spiro atoms. The summed E-state index contributed by atoms with van der Waals surface area (Å²) in [5.74, 6) is 2.06. The molecule has 1 atom stereocenters. The van der Waals surface area contributed by atoms with Crippen molar-refractivity contribution in [3.63, 3.8) is 0 Å². The number of nitrogens with one attached hydrogen (secondary N) is 1. The number of hydrogen-bond acceptors (Lipinski definition) is 5. The maximum Gasteiger partial charge on any atom is 0.240 e. The molecule has 0 saturated carbocycles. The molecule has 7 heteroatoms. The van der Waals surface area contributed by atoms with Gasteiger partial charge in [-0.25, -0.2) is 13.1 Å². The largest absolute Gasteiger partial charge is 0.397 e. The van der Waals surface area contributed by atoms with Crippen LogP contribution < -0.4 is 15.4 Å². The lowest BCUT2D eigenvalue weighted by Gasteiger charge is -2.36. The standard InChI is InChI=1S/C12H19N3O2S2/c1-9-8-18-6-5-15(9)12-7-10(3-4-11(12)13)19(16,17)14-2/h3-4,7,9,14H,5-6,8,13H2,1-2H3. The van der Waals surface area contributed by atoms with Gasteiger partial charge in [-0.15, -0.1) is 0 Å². The summed E-state index contributed by atoms with van der Waals surface area (Å²) >= 11 is 1.91. The van der Waals surface area contributed by atoms with E-state index in [1.807, 2.05) is 11.8 Å². The van der Waals surface area contributed by atoms with Crippen molar-refractivity contribution in [2.45, 2.75) is 17.9 Å². The lowest BCUT2D eigenvalue weighted by molar-refractivity contribution is 0.588. The zero-order chi connectivity index (χ0) is 14.0. The number of nitrogens with zero attached hydrogens (tertiary/aromatic N) is 1. The highest BCUT2D eigenvalue weighted by atomic mass is 32.2. The number of hydrogen-bond donors (Lipinski definition) is 2. The molecule has 106 valence electrons. The van der Waals surface area contributed by atoms with E-state index in [-0.39, 0.29) is 4.90 Å². The monoisotopic (exact) mass is 301 g/mol. The van der Waals surface area contributed by atoms with Crippen molar-refractivity contribution in [3.05, 3.63) is 18.2 Å². The zero-order valence-corrected chi connectivity index (χ0v) is 12.7. The Kier molecular flexibility index (Phi) is 4.27. The van der Waals surface area contributed by atoms with E-state index in [0.717, 1.165) is 23.7 Å². The lowest BCUT2D eigenvalue weighted by atomic mass is 10.2. The molecule has 1 heterocycles. The van der Waals surface area contributed by atoms with Crippen LogP contribution in [0.4, 0.5) is 11.4 Å². The van der Waals surface area contributed by atoms with Gasteiger partial charge in [0.05, 0.1) is 16.3 Å². The molecule has 3 N–H and O–H groups in total. The van der Waals surface area contributed by atoms with Crippen molar-refractivity contribution in [1.82, 2.24) is 4.72 Å². The first-order valence-electron chi connectivity index (χ1n) is 6.13. The SMILES string of the molecule is CNS(=O)(=O)c1ccc(N)c(N2CCSCC2C)c1. The van der Waals surface area contributed by atoms with Crippen molar-refractivity contribution in [2.75, 3.05) is 35.7 Å². The second-order valence-corrected chi connectivity index (χ2v) is 7.58. The third kappa shape index (κ3) is 2.98. The first-order valence-corrected chi connectivity index (χ1v) is 8.77. The summed E-state index contributed by atoms with van der Waals surface area (Å²) in [7, 11) is -2.02.